The second-order valence-electron chi connectivity index (χ2n) is 8.62. The Kier molecular flexibility index (Phi) is 8.00. The Bertz CT molecular complexity index is 1120. The van der Waals surface area contributed by atoms with Crippen LogP contribution in [0.1, 0.15) is 12.0 Å². The van der Waals surface area contributed by atoms with Crippen molar-refractivity contribution in [3.05, 3.63) is 47.5 Å². The zero-order valence-electron chi connectivity index (χ0n) is 20.0. The van der Waals surface area contributed by atoms with Gasteiger partial charge in [0, 0.05) is 37.0 Å². The second-order valence-corrected chi connectivity index (χ2v) is 8.62. The highest BCUT2D eigenvalue weighted by Gasteiger charge is 2.36. The van der Waals surface area contributed by atoms with E-state index in [4.69, 9.17) is 9.47 Å². The molecule has 0 unspecified atom stereocenters. The number of nitrogens with one attached hydrogen (secondary N) is 1. The summed E-state index contributed by atoms with van der Waals surface area (Å²) < 4.78 is 50.3. The fraction of sp³-hybridized carbons (Fsp3) is 0.440. The van der Waals surface area contributed by atoms with Crippen molar-refractivity contribution in [2.75, 3.05) is 62.8 Å². The van der Waals surface area contributed by atoms with Crippen LogP contribution in [0.5, 0.6) is 5.88 Å². The third kappa shape index (κ3) is 6.27. The van der Waals surface area contributed by atoms with Gasteiger partial charge >= 0.3 is 12.2 Å². The van der Waals surface area contributed by atoms with Gasteiger partial charge < -0.3 is 29.7 Å². The van der Waals surface area contributed by atoms with Gasteiger partial charge in [0.2, 0.25) is 5.88 Å². The van der Waals surface area contributed by atoms with Gasteiger partial charge in [-0.25, -0.2) is 4.79 Å². The van der Waals surface area contributed by atoms with E-state index in [1.807, 2.05) is 19.1 Å². The Morgan fingerprint density at radius 1 is 1.19 bits per heavy atom. The second kappa shape index (κ2) is 11.2. The number of halogens is 3. The predicted molar refractivity (Wildman–Crippen MR) is 129 cm³/mol. The number of aliphatic hydroxyl groups is 1. The number of carbonyl (C=O) groups excluding carboxylic acids is 1. The first-order valence-electron chi connectivity index (χ1n) is 11.8. The average molecular weight is 507 g/mol. The van der Waals surface area contributed by atoms with E-state index in [-0.39, 0.29) is 26.2 Å². The number of ether oxygens (including phenoxy) is 2. The van der Waals surface area contributed by atoms with Crippen LogP contribution >= 0.6 is 0 Å². The Labute approximate surface area is 207 Å². The Morgan fingerprint density at radius 3 is 2.69 bits per heavy atom. The largest absolute Gasteiger partial charge is 0.475 e. The molecule has 36 heavy (non-hydrogen) atoms. The summed E-state index contributed by atoms with van der Waals surface area (Å²) in [5, 5.41) is 11.9. The molecule has 1 saturated heterocycles. The lowest BCUT2D eigenvalue weighted by Crippen LogP contribution is -2.41. The van der Waals surface area contributed by atoms with Crippen LogP contribution in [0, 0.1) is 6.92 Å². The van der Waals surface area contributed by atoms with E-state index in [2.05, 4.69) is 15.2 Å². The maximum absolute atomic E-state index is 13.1. The van der Waals surface area contributed by atoms with Gasteiger partial charge in [0.05, 0.1) is 26.4 Å². The number of aliphatic hydroxyl groups excluding tert-OH is 1. The molecule has 8 nitrogen and oxygen atoms in total. The molecule has 0 spiro atoms. The van der Waals surface area contributed by atoms with E-state index < -0.39 is 24.3 Å². The fourth-order valence-electron chi connectivity index (χ4n) is 4.16. The number of hydrogen-bond donors (Lipinski definition) is 2. The lowest BCUT2D eigenvalue weighted by molar-refractivity contribution is -0.0959. The quantitative estimate of drug-likeness (QED) is 0.577. The first-order valence-corrected chi connectivity index (χ1v) is 11.8. The Hall–Kier alpha value is -3.31. The Morgan fingerprint density at radius 2 is 1.97 bits per heavy atom. The highest BCUT2D eigenvalue weighted by atomic mass is 19.4. The summed E-state index contributed by atoms with van der Waals surface area (Å²) in [5.74, 6) is 1.06. The topological polar surface area (TPSA) is 87.2 Å². The van der Waals surface area contributed by atoms with Gasteiger partial charge in [0.1, 0.15) is 12.4 Å². The number of carbonyl (C=O) groups is 1. The number of urea groups is 1. The number of morpholine rings is 1. The van der Waals surface area contributed by atoms with Crippen molar-refractivity contribution in [2.45, 2.75) is 19.5 Å². The SMILES string of the molecule is Cc1ccc(NC(=O)N2CCC=C(C(F)(F)F)C2)cc1-c1cc(OCCO)nc(N2CCOCC2)c1. The van der Waals surface area contributed by atoms with Crippen LogP contribution in [0.3, 0.4) is 0 Å². The maximum atomic E-state index is 13.1. The number of aromatic nitrogens is 1. The van der Waals surface area contributed by atoms with E-state index in [9.17, 15) is 23.1 Å². The van der Waals surface area contributed by atoms with Crippen molar-refractivity contribution in [1.82, 2.24) is 9.88 Å². The monoisotopic (exact) mass is 506 g/mol. The van der Waals surface area contributed by atoms with E-state index >= 15 is 0 Å². The molecule has 2 N–H and O–H groups in total. The predicted octanol–water partition coefficient (Wildman–Crippen LogP) is 3.99. The molecule has 0 atom stereocenters. The molecule has 2 aliphatic rings. The molecule has 1 aromatic heterocycles. The van der Waals surface area contributed by atoms with Crippen LogP contribution in [-0.2, 0) is 4.74 Å². The minimum atomic E-state index is -4.45. The van der Waals surface area contributed by atoms with Gasteiger partial charge in [-0.05, 0) is 48.2 Å². The number of hydrogen-bond acceptors (Lipinski definition) is 6. The van der Waals surface area contributed by atoms with E-state index in [0.29, 0.717) is 43.7 Å². The molecule has 0 radical (unpaired) electrons. The lowest BCUT2D eigenvalue weighted by atomic mass is 10.00. The molecule has 1 aromatic carbocycles. The highest BCUT2D eigenvalue weighted by molar-refractivity contribution is 5.91. The number of aryl methyl sites for hydroxylation is 1. The molecule has 3 heterocycles. The van der Waals surface area contributed by atoms with E-state index in [0.717, 1.165) is 27.7 Å². The molecular formula is C25H29F3N4O4. The smallest absolute Gasteiger partial charge is 0.414 e. The molecule has 194 valence electrons. The lowest BCUT2D eigenvalue weighted by Gasteiger charge is -2.29. The summed E-state index contributed by atoms with van der Waals surface area (Å²) in [7, 11) is 0. The third-order valence-electron chi connectivity index (χ3n) is 6.07. The van der Waals surface area contributed by atoms with Crippen LogP contribution in [0.2, 0.25) is 0 Å². The van der Waals surface area contributed by atoms with Crippen molar-refractivity contribution >= 4 is 17.5 Å². The first-order chi connectivity index (χ1) is 17.2. The van der Waals surface area contributed by atoms with Crippen LogP contribution in [0.25, 0.3) is 11.1 Å². The molecule has 0 bridgehead atoms. The number of amides is 2. The van der Waals surface area contributed by atoms with Crippen LogP contribution in [-0.4, -0.2) is 79.8 Å². The average Bonchev–Trinajstić information content (AvgIpc) is 2.88. The number of pyridine rings is 1. The van der Waals surface area contributed by atoms with Crippen LogP contribution in [0.15, 0.2) is 42.0 Å². The minimum absolute atomic E-state index is 0.0955. The Balaban J connectivity index is 1.58. The highest BCUT2D eigenvalue weighted by Crippen LogP contribution is 2.33. The summed E-state index contributed by atoms with van der Waals surface area (Å²) in [6.45, 7) is 4.12. The van der Waals surface area contributed by atoms with Gasteiger partial charge in [-0.15, -0.1) is 0 Å². The first kappa shape index (κ1) is 25.8. The molecule has 1 fully saturated rings. The molecular weight excluding hydrogens is 477 g/mol. The number of nitrogens with zero attached hydrogens (tertiary/aromatic N) is 3. The fourth-order valence-corrected chi connectivity index (χ4v) is 4.16. The number of benzene rings is 1. The van der Waals surface area contributed by atoms with Gasteiger partial charge in [-0.3, -0.25) is 0 Å². The summed E-state index contributed by atoms with van der Waals surface area (Å²) in [6, 6.07) is 8.44. The summed E-state index contributed by atoms with van der Waals surface area (Å²) in [6.07, 6.45) is -3.16. The van der Waals surface area contributed by atoms with Gasteiger partial charge in [-0.1, -0.05) is 12.1 Å². The van der Waals surface area contributed by atoms with Crippen LogP contribution in [0.4, 0.5) is 29.5 Å². The molecule has 0 saturated carbocycles. The molecule has 11 heteroatoms. The minimum Gasteiger partial charge on any atom is -0.475 e. The van der Waals surface area contributed by atoms with Gasteiger partial charge in [-0.2, -0.15) is 18.2 Å². The normalized spacial score (nSPS) is 16.5. The number of alkyl halides is 3. The van der Waals surface area contributed by atoms with Crippen molar-refractivity contribution in [1.29, 1.82) is 0 Å². The number of rotatable bonds is 6. The molecule has 2 amide bonds. The molecule has 0 aliphatic carbocycles. The number of anilines is 2. The maximum Gasteiger partial charge on any atom is 0.414 e. The zero-order chi connectivity index (χ0) is 25.7. The van der Waals surface area contributed by atoms with Crippen molar-refractivity contribution in [3.8, 4) is 17.0 Å². The van der Waals surface area contributed by atoms with Crippen molar-refractivity contribution in [2.24, 2.45) is 0 Å². The van der Waals surface area contributed by atoms with E-state index in [1.165, 1.54) is 0 Å². The van der Waals surface area contributed by atoms with Gasteiger partial charge in [0.25, 0.3) is 0 Å². The van der Waals surface area contributed by atoms with Gasteiger partial charge in [0.15, 0.2) is 0 Å². The zero-order valence-corrected chi connectivity index (χ0v) is 20.0. The summed E-state index contributed by atoms with van der Waals surface area (Å²) in [4.78, 5) is 20.6. The van der Waals surface area contributed by atoms with E-state index in [1.54, 1.807) is 18.2 Å². The third-order valence-corrected chi connectivity index (χ3v) is 6.07. The standard InChI is InChI=1S/C25H29F3N4O4/c1-17-4-5-20(29-24(34)32-6-2-3-19(16-32)25(26,27)28)15-21(17)18-13-22(31-7-10-35-11-8-31)30-23(14-18)36-12-9-33/h3-5,13-15,33H,2,6-12,16H2,1H3,(H,29,34). The van der Waals surface area contributed by atoms with Crippen LogP contribution < -0.4 is 15.0 Å². The molecule has 2 aromatic rings. The molecule has 2 aliphatic heterocycles. The van der Waals surface area contributed by atoms with Crippen molar-refractivity contribution in [3.63, 3.8) is 0 Å². The summed E-state index contributed by atoms with van der Waals surface area (Å²) >= 11 is 0. The molecule has 4 rings (SSSR count). The summed E-state index contributed by atoms with van der Waals surface area (Å²) in [5.41, 5.74) is 2.30. The van der Waals surface area contributed by atoms with Crippen molar-refractivity contribution < 1.29 is 32.5 Å².